The Morgan fingerprint density at radius 1 is 1.37 bits per heavy atom. The molecule has 1 aromatic carbocycles. The van der Waals surface area contributed by atoms with E-state index in [1.807, 2.05) is 32.0 Å². The van der Waals surface area contributed by atoms with Crippen LogP contribution in [0.2, 0.25) is 0 Å². The van der Waals surface area contributed by atoms with E-state index >= 15 is 0 Å². The van der Waals surface area contributed by atoms with Crippen molar-refractivity contribution in [3.8, 4) is 11.8 Å². The number of halogens is 2. The summed E-state index contributed by atoms with van der Waals surface area (Å²) in [7, 11) is 0. The Kier molecular flexibility index (Phi) is 6.68. The van der Waals surface area contributed by atoms with Crippen LogP contribution in [0.15, 0.2) is 22.7 Å². The van der Waals surface area contributed by atoms with Crippen LogP contribution in [-0.4, -0.2) is 6.61 Å². The van der Waals surface area contributed by atoms with Gasteiger partial charge in [0.2, 0.25) is 0 Å². The molecule has 0 spiro atoms. The normalized spacial score (nSPS) is 11.1. The van der Waals surface area contributed by atoms with E-state index in [1.165, 1.54) is 0 Å². The van der Waals surface area contributed by atoms with E-state index in [1.54, 1.807) is 0 Å². The average molecular weight is 345 g/mol. The molecule has 0 unspecified atom stereocenters. The van der Waals surface area contributed by atoms with Gasteiger partial charge in [-0.1, -0.05) is 6.07 Å². The molecular weight excluding hydrogens is 326 g/mol. The van der Waals surface area contributed by atoms with E-state index in [2.05, 4.69) is 22.0 Å². The van der Waals surface area contributed by atoms with E-state index in [9.17, 15) is 0 Å². The lowest BCUT2D eigenvalue weighted by Gasteiger charge is -2.14. The zero-order valence-electron chi connectivity index (χ0n) is 11.4. The lowest BCUT2D eigenvalue weighted by molar-refractivity contribution is 0.293. The van der Waals surface area contributed by atoms with Gasteiger partial charge < -0.3 is 4.74 Å². The van der Waals surface area contributed by atoms with Crippen LogP contribution in [0.25, 0.3) is 0 Å². The van der Waals surface area contributed by atoms with Crippen LogP contribution >= 0.6 is 27.5 Å². The van der Waals surface area contributed by atoms with Crippen molar-refractivity contribution >= 4 is 27.5 Å². The summed E-state index contributed by atoms with van der Waals surface area (Å²) in [5.74, 6) is 1.34. The molecule has 0 aliphatic carbocycles. The first-order valence-electron chi connectivity index (χ1n) is 6.37. The number of alkyl halides is 1. The first-order valence-corrected chi connectivity index (χ1v) is 7.70. The minimum Gasteiger partial charge on any atom is -0.492 e. The smallest absolute Gasteiger partial charge is 0.133 e. The second kappa shape index (κ2) is 7.77. The van der Waals surface area contributed by atoms with Gasteiger partial charge >= 0.3 is 0 Å². The molecule has 0 amide bonds. The van der Waals surface area contributed by atoms with E-state index in [4.69, 9.17) is 21.6 Å². The van der Waals surface area contributed by atoms with Crippen molar-refractivity contribution in [1.29, 1.82) is 5.26 Å². The Hall–Kier alpha value is -0.720. The Balaban J connectivity index is 2.32. The van der Waals surface area contributed by atoms with E-state index in [0.29, 0.717) is 12.5 Å². The molecule has 0 radical (unpaired) electrons. The summed E-state index contributed by atoms with van der Waals surface area (Å²) in [6, 6.07) is 8.18. The van der Waals surface area contributed by atoms with Crippen LogP contribution < -0.4 is 4.74 Å². The number of unbranched alkanes of at least 4 members (excludes halogenated alkanes) is 1. The summed E-state index contributed by atoms with van der Waals surface area (Å²) in [5.41, 5.74) is 0.833. The maximum Gasteiger partial charge on any atom is 0.133 e. The van der Waals surface area contributed by atoms with Crippen LogP contribution in [0.4, 0.5) is 0 Å². The van der Waals surface area contributed by atoms with Crippen LogP contribution in [0.5, 0.6) is 5.75 Å². The van der Waals surface area contributed by atoms with E-state index < -0.39 is 0 Å². The first-order chi connectivity index (χ1) is 8.98. The third-order valence-corrected chi connectivity index (χ3v) is 3.84. The van der Waals surface area contributed by atoms with Crippen molar-refractivity contribution in [1.82, 2.24) is 0 Å². The van der Waals surface area contributed by atoms with Crippen molar-refractivity contribution in [2.24, 2.45) is 5.41 Å². The van der Waals surface area contributed by atoms with Gasteiger partial charge in [0.1, 0.15) is 5.75 Å². The molecule has 0 heterocycles. The van der Waals surface area contributed by atoms with Crippen molar-refractivity contribution in [2.45, 2.75) is 39.0 Å². The highest BCUT2D eigenvalue weighted by atomic mass is 79.9. The zero-order valence-corrected chi connectivity index (χ0v) is 13.7. The number of ether oxygens (including phenoxy) is 1. The molecule has 104 valence electrons. The molecule has 4 heteroatoms. The highest BCUT2D eigenvalue weighted by molar-refractivity contribution is 9.10. The molecule has 0 aliphatic heterocycles. The van der Waals surface area contributed by atoms with Crippen LogP contribution in [-0.2, 0) is 5.88 Å². The van der Waals surface area contributed by atoms with Gasteiger partial charge in [0.25, 0.3) is 0 Å². The summed E-state index contributed by atoms with van der Waals surface area (Å²) >= 11 is 9.24. The number of nitrogens with zero attached hydrogens (tertiary/aromatic N) is 1. The second-order valence-corrected chi connectivity index (χ2v) is 6.32. The predicted octanol–water partition coefficient (Wildman–Crippen LogP) is 5.29. The topological polar surface area (TPSA) is 33.0 Å². The minimum absolute atomic E-state index is 0.234. The first kappa shape index (κ1) is 16.3. The molecule has 0 bridgehead atoms. The van der Waals surface area contributed by atoms with Gasteiger partial charge in [-0.3, -0.25) is 0 Å². The average Bonchev–Trinajstić information content (AvgIpc) is 2.39. The summed E-state index contributed by atoms with van der Waals surface area (Å²) in [6.07, 6.45) is 2.85. The van der Waals surface area contributed by atoms with Gasteiger partial charge in [0, 0.05) is 5.88 Å². The standard InChI is InChI=1S/C15H19BrClNO/c1-15(2,11-18)7-3-4-8-19-14-6-5-12(10-17)9-13(14)16/h5-6,9H,3-4,7-8,10H2,1-2H3. The highest BCUT2D eigenvalue weighted by Crippen LogP contribution is 2.27. The molecule has 0 saturated heterocycles. The van der Waals surface area contributed by atoms with Gasteiger partial charge in [0.05, 0.1) is 22.6 Å². The molecule has 0 aromatic heterocycles. The molecule has 19 heavy (non-hydrogen) atoms. The molecule has 2 nitrogen and oxygen atoms in total. The number of hydrogen-bond donors (Lipinski definition) is 0. The number of rotatable bonds is 7. The fourth-order valence-corrected chi connectivity index (χ4v) is 2.36. The largest absolute Gasteiger partial charge is 0.492 e. The summed E-state index contributed by atoms with van der Waals surface area (Å²) < 4.78 is 6.65. The Morgan fingerprint density at radius 2 is 2.11 bits per heavy atom. The predicted molar refractivity (Wildman–Crippen MR) is 82.4 cm³/mol. The molecule has 0 fully saturated rings. The third kappa shape index (κ3) is 5.84. The molecule has 1 rings (SSSR count). The molecule has 0 saturated carbocycles. The summed E-state index contributed by atoms with van der Waals surface area (Å²) in [6.45, 7) is 4.60. The van der Waals surface area contributed by atoms with Crippen LogP contribution in [0.3, 0.4) is 0 Å². The van der Waals surface area contributed by atoms with E-state index in [0.717, 1.165) is 35.0 Å². The van der Waals surface area contributed by atoms with E-state index in [-0.39, 0.29) is 5.41 Å². The number of hydrogen-bond acceptors (Lipinski definition) is 2. The summed E-state index contributed by atoms with van der Waals surface area (Å²) in [5, 5.41) is 8.92. The Labute approximate surface area is 128 Å². The minimum atomic E-state index is -0.234. The van der Waals surface area contributed by atoms with Gasteiger partial charge in [-0.2, -0.15) is 5.26 Å². The molecule has 1 aromatic rings. The highest BCUT2D eigenvalue weighted by Gasteiger charge is 2.15. The Bertz CT molecular complexity index is 454. The SMILES string of the molecule is CC(C)(C#N)CCCCOc1ccc(CCl)cc1Br. The fourth-order valence-electron chi connectivity index (χ4n) is 1.65. The number of benzene rings is 1. The van der Waals surface area contributed by atoms with Crippen LogP contribution in [0.1, 0.15) is 38.7 Å². The molecule has 0 N–H and O–H groups in total. The lowest BCUT2D eigenvalue weighted by atomic mass is 9.89. The Morgan fingerprint density at radius 3 is 2.68 bits per heavy atom. The number of nitriles is 1. The van der Waals surface area contributed by atoms with Crippen molar-refractivity contribution in [3.05, 3.63) is 28.2 Å². The monoisotopic (exact) mass is 343 g/mol. The molecule has 0 atom stereocenters. The molecular formula is C15H19BrClNO. The summed E-state index contributed by atoms with van der Waals surface area (Å²) in [4.78, 5) is 0. The van der Waals surface area contributed by atoms with Crippen LogP contribution in [0, 0.1) is 16.7 Å². The van der Waals surface area contributed by atoms with Gasteiger partial charge in [-0.15, -0.1) is 11.6 Å². The van der Waals surface area contributed by atoms with Gasteiger partial charge in [0.15, 0.2) is 0 Å². The lowest BCUT2D eigenvalue weighted by Crippen LogP contribution is -2.08. The van der Waals surface area contributed by atoms with Crippen molar-refractivity contribution in [3.63, 3.8) is 0 Å². The molecule has 0 aliphatic rings. The zero-order chi connectivity index (χ0) is 14.3. The fraction of sp³-hybridized carbons (Fsp3) is 0.533. The van der Waals surface area contributed by atoms with Crippen molar-refractivity contribution < 1.29 is 4.74 Å². The maximum absolute atomic E-state index is 8.92. The maximum atomic E-state index is 8.92. The van der Waals surface area contributed by atoms with Gasteiger partial charge in [-0.05, 0) is 66.7 Å². The quantitative estimate of drug-likeness (QED) is 0.497. The van der Waals surface area contributed by atoms with Crippen molar-refractivity contribution in [2.75, 3.05) is 6.61 Å². The second-order valence-electron chi connectivity index (χ2n) is 5.20. The third-order valence-electron chi connectivity index (χ3n) is 2.91. The van der Waals surface area contributed by atoms with Gasteiger partial charge in [-0.25, -0.2) is 0 Å².